The number of fused-ring (bicyclic) bond motifs is 1. The minimum atomic E-state index is -3.93. The standard InChI is InChI=1S/C21H18N4O2S/c1-15-7-11-17(12-8-15)21(25-20-6-4-3-5-19(20)22-24-25)23-28(26,27)18-13-9-16(2)10-14-18/h3-14H,1-2H3/b23-21+. The molecule has 4 aromatic rings. The first kappa shape index (κ1) is 18.1. The molecule has 7 heteroatoms. The molecule has 0 saturated carbocycles. The Kier molecular flexibility index (Phi) is 4.52. The molecule has 0 spiro atoms. The minimum Gasteiger partial charge on any atom is -0.199 e. The van der Waals surface area contributed by atoms with Crippen molar-refractivity contribution in [2.24, 2.45) is 4.40 Å². The van der Waals surface area contributed by atoms with Crippen LogP contribution in [0, 0.1) is 13.8 Å². The van der Waals surface area contributed by atoms with Crippen molar-refractivity contribution in [3.63, 3.8) is 0 Å². The van der Waals surface area contributed by atoms with Crippen LogP contribution in [0.4, 0.5) is 0 Å². The summed E-state index contributed by atoms with van der Waals surface area (Å²) in [5, 5.41) is 8.29. The van der Waals surface area contributed by atoms with Crippen molar-refractivity contribution in [1.29, 1.82) is 0 Å². The molecular formula is C21H18N4O2S. The third kappa shape index (κ3) is 3.44. The largest absolute Gasteiger partial charge is 0.284 e. The number of aryl methyl sites for hydroxylation is 2. The van der Waals surface area contributed by atoms with Crippen LogP contribution in [0.2, 0.25) is 0 Å². The Hall–Kier alpha value is -3.32. The Morgan fingerprint density at radius 1 is 0.857 bits per heavy atom. The van der Waals surface area contributed by atoms with Gasteiger partial charge in [-0.05, 0) is 38.1 Å². The molecule has 0 amide bonds. The average molecular weight is 390 g/mol. The van der Waals surface area contributed by atoms with E-state index in [4.69, 9.17) is 0 Å². The van der Waals surface area contributed by atoms with Crippen LogP contribution in [-0.4, -0.2) is 29.2 Å². The van der Waals surface area contributed by atoms with E-state index in [1.54, 1.807) is 24.3 Å². The number of sulfonamides is 1. The average Bonchev–Trinajstić information content (AvgIpc) is 3.11. The van der Waals surface area contributed by atoms with Gasteiger partial charge >= 0.3 is 0 Å². The summed E-state index contributed by atoms with van der Waals surface area (Å²) < 4.78 is 31.6. The maximum absolute atomic E-state index is 13.0. The van der Waals surface area contributed by atoms with Crippen molar-refractivity contribution >= 4 is 26.9 Å². The number of hydrogen-bond acceptors (Lipinski definition) is 4. The first-order valence-corrected chi connectivity index (χ1v) is 10.2. The van der Waals surface area contributed by atoms with E-state index in [-0.39, 0.29) is 10.7 Å². The molecule has 0 bridgehead atoms. The highest BCUT2D eigenvalue weighted by molar-refractivity contribution is 7.90. The van der Waals surface area contributed by atoms with E-state index in [0.29, 0.717) is 16.6 Å². The van der Waals surface area contributed by atoms with Crippen molar-refractivity contribution in [1.82, 2.24) is 15.0 Å². The quantitative estimate of drug-likeness (QED) is 0.394. The fourth-order valence-electron chi connectivity index (χ4n) is 2.82. The molecule has 1 aromatic heterocycles. The number of para-hydroxylation sites is 1. The van der Waals surface area contributed by atoms with Gasteiger partial charge in [-0.1, -0.05) is 64.9 Å². The number of aromatic nitrogens is 3. The molecular weight excluding hydrogens is 372 g/mol. The highest BCUT2D eigenvalue weighted by atomic mass is 32.2. The van der Waals surface area contributed by atoms with E-state index >= 15 is 0 Å². The maximum Gasteiger partial charge on any atom is 0.284 e. The van der Waals surface area contributed by atoms with Gasteiger partial charge in [0.2, 0.25) is 0 Å². The van der Waals surface area contributed by atoms with Crippen LogP contribution in [0.5, 0.6) is 0 Å². The summed E-state index contributed by atoms with van der Waals surface area (Å²) in [4.78, 5) is 0.132. The Balaban J connectivity index is 1.94. The molecule has 4 rings (SSSR count). The van der Waals surface area contributed by atoms with Gasteiger partial charge in [0.25, 0.3) is 10.0 Å². The monoisotopic (exact) mass is 390 g/mol. The van der Waals surface area contributed by atoms with E-state index in [2.05, 4.69) is 14.7 Å². The number of nitrogens with zero attached hydrogens (tertiary/aromatic N) is 4. The van der Waals surface area contributed by atoms with Gasteiger partial charge < -0.3 is 0 Å². The molecule has 0 radical (unpaired) electrons. The highest BCUT2D eigenvalue weighted by Crippen LogP contribution is 2.18. The molecule has 0 aliphatic carbocycles. The normalized spacial score (nSPS) is 12.4. The van der Waals surface area contributed by atoms with Gasteiger partial charge in [-0.15, -0.1) is 9.50 Å². The van der Waals surface area contributed by atoms with Gasteiger partial charge in [0.15, 0.2) is 5.84 Å². The first-order valence-electron chi connectivity index (χ1n) is 8.73. The van der Waals surface area contributed by atoms with Crippen LogP contribution in [0.25, 0.3) is 11.0 Å². The van der Waals surface area contributed by atoms with Crippen LogP contribution in [-0.2, 0) is 10.0 Å². The molecule has 0 aliphatic heterocycles. The number of hydrogen-bond donors (Lipinski definition) is 0. The topological polar surface area (TPSA) is 77.2 Å². The molecule has 0 atom stereocenters. The van der Waals surface area contributed by atoms with Crippen LogP contribution in [0.3, 0.4) is 0 Å². The van der Waals surface area contributed by atoms with Crippen molar-refractivity contribution < 1.29 is 8.42 Å². The summed E-state index contributed by atoms with van der Waals surface area (Å²) in [5.74, 6) is 0.203. The van der Waals surface area contributed by atoms with Crippen molar-refractivity contribution in [3.05, 3.63) is 89.5 Å². The van der Waals surface area contributed by atoms with Crippen LogP contribution in [0.15, 0.2) is 82.1 Å². The predicted molar refractivity (Wildman–Crippen MR) is 109 cm³/mol. The van der Waals surface area contributed by atoms with Crippen molar-refractivity contribution in [3.8, 4) is 0 Å². The van der Waals surface area contributed by atoms with Gasteiger partial charge in [-0.2, -0.15) is 13.1 Å². The molecule has 0 N–H and O–H groups in total. The van der Waals surface area contributed by atoms with E-state index < -0.39 is 10.0 Å². The first-order chi connectivity index (χ1) is 13.4. The predicted octanol–water partition coefficient (Wildman–Crippen LogP) is 3.73. The van der Waals surface area contributed by atoms with E-state index in [1.807, 2.05) is 62.4 Å². The van der Waals surface area contributed by atoms with E-state index in [9.17, 15) is 8.42 Å². The molecule has 3 aromatic carbocycles. The second-order valence-corrected chi connectivity index (χ2v) is 8.16. The van der Waals surface area contributed by atoms with Crippen molar-refractivity contribution in [2.45, 2.75) is 18.7 Å². The molecule has 1 heterocycles. The van der Waals surface area contributed by atoms with E-state index in [0.717, 1.165) is 11.1 Å². The zero-order valence-electron chi connectivity index (χ0n) is 15.4. The fourth-order valence-corrected chi connectivity index (χ4v) is 3.81. The number of rotatable bonds is 3. The lowest BCUT2D eigenvalue weighted by Gasteiger charge is -2.09. The minimum absolute atomic E-state index is 0.132. The highest BCUT2D eigenvalue weighted by Gasteiger charge is 2.19. The Morgan fingerprint density at radius 2 is 1.46 bits per heavy atom. The lowest BCUT2D eigenvalue weighted by molar-refractivity contribution is 0.597. The van der Waals surface area contributed by atoms with Crippen LogP contribution in [0.1, 0.15) is 16.7 Å². The van der Waals surface area contributed by atoms with Crippen LogP contribution >= 0.6 is 0 Å². The molecule has 0 aliphatic rings. The third-order valence-electron chi connectivity index (χ3n) is 4.39. The summed E-state index contributed by atoms with van der Waals surface area (Å²) in [6, 6.07) is 21.4. The molecule has 0 fully saturated rings. The zero-order chi connectivity index (χ0) is 19.7. The molecule has 0 saturated heterocycles. The zero-order valence-corrected chi connectivity index (χ0v) is 16.3. The maximum atomic E-state index is 13.0. The Labute approximate surface area is 163 Å². The SMILES string of the molecule is Cc1ccc(/C(=N\S(=O)(=O)c2ccc(C)cc2)n2nnc3ccccc32)cc1. The lowest BCUT2D eigenvalue weighted by atomic mass is 10.1. The van der Waals surface area contributed by atoms with Gasteiger partial charge in [-0.3, -0.25) is 0 Å². The van der Waals surface area contributed by atoms with Crippen molar-refractivity contribution in [2.75, 3.05) is 0 Å². The van der Waals surface area contributed by atoms with Gasteiger partial charge in [-0.25, -0.2) is 0 Å². The smallest absolute Gasteiger partial charge is 0.199 e. The van der Waals surface area contributed by atoms with Gasteiger partial charge in [0.1, 0.15) is 5.52 Å². The third-order valence-corrected chi connectivity index (χ3v) is 5.67. The Bertz CT molecular complexity index is 1270. The summed E-state index contributed by atoms with van der Waals surface area (Å²) in [5.41, 5.74) is 4.02. The van der Waals surface area contributed by atoms with Gasteiger partial charge in [0.05, 0.1) is 10.4 Å². The summed E-state index contributed by atoms with van der Waals surface area (Å²) >= 11 is 0. The van der Waals surface area contributed by atoms with Crippen LogP contribution < -0.4 is 0 Å². The molecule has 28 heavy (non-hydrogen) atoms. The summed E-state index contributed by atoms with van der Waals surface area (Å²) in [7, 11) is -3.93. The second kappa shape index (κ2) is 7.01. The molecule has 6 nitrogen and oxygen atoms in total. The second-order valence-electron chi connectivity index (χ2n) is 6.56. The number of benzene rings is 3. The fraction of sp³-hybridized carbons (Fsp3) is 0.0952. The summed E-state index contributed by atoms with van der Waals surface area (Å²) in [6.45, 7) is 3.87. The summed E-state index contributed by atoms with van der Waals surface area (Å²) in [6.07, 6.45) is 0. The Morgan fingerprint density at radius 3 is 2.14 bits per heavy atom. The van der Waals surface area contributed by atoms with E-state index in [1.165, 1.54) is 4.68 Å². The van der Waals surface area contributed by atoms with Gasteiger partial charge in [0, 0.05) is 5.56 Å². The molecule has 140 valence electrons. The molecule has 0 unspecified atom stereocenters. The lowest BCUT2D eigenvalue weighted by Crippen LogP contribution is -2.18.